The van der Waals surface area contributed by atoms with Crippen molar-refractivity contribution in [3.05, 3.63) is 58.6 Å². The number of halogens is 2. The van der Waals surface area contributed by atoms with E-state index in [-0.39, 0.29) is 0 Å². The first kappa shape index (κ1) is 11.3. The Hall–Kier alpha value is -1.22. The molecule has 0 saturated carbocycles. The standard InChI is InChI=1S/C12H10Cl2N2/c13-9-3-1-5-11(7-9)16(15)12-6-2-4-10(14)8-12/h1-8H,15H2. The maximum Gasteiger partial charge on any atom is 0.0590 e. The lowest BCUT2D eigenvalue weighted by molar-refractivity contribution is 1.09. The molecule has 0 bridgehead atoms. The predicted octanol–water partition coefficient (Wildman–Crippen LogP) is 4.01. The molecule has 0 unspecified atom stereocenters. The SMILES string of the molecule is NN(c1cccc(Cl)c1)c1cccc(Cl)c1. The lowest BCUT2D eigenvalue weighted by atomic mass is 10.2. The zero-order chi connectivity index (χ0) is 11.5. The molecule has 0 saturated heterocycles. The van der Waals surface area contributed by atoms with Crippen LogP contribution in [0.2, 0.25) is 10.0 Å². The van der Waals surface area contributed by atoms with E-state index in [4.69, 9.17) is 29.0 Å². The average molecular weight is 253 g/mol. The average Bonchev–Trinajstić information content (AvgIpc) is 2.28. The number of hydrogen-bond donors (Lipinski definition) is 1. The van der Waals surface area contributed by atoms with Gasteiger partial charge in [-0.25, -0.2) is 5.84 Å². The van der Waals surface area contributed by atoms with Crippen LogP contribution in [0.4, 0.5) is 11.4 Å². The third kappa shape index (κ3) is 2.47. The second-order valence-electron chi connectivity index (χ2n) is 3.33. The quantitative estimate of drug-likeness (QED) is 0.647. The van der Waals surface area contributed by atoms with Gasteiger partial charge in [0.05, 0.1) is 11.4 Å². The highest BCUT2D eigenvalue weighted by molar-refractivity contribution is 6.31. The zero-order valence-corrected chi connectivity index (χ0v) is 9.91. The van der Waals surface area contributed by atoms with E-state index < -0.39 is 0 Å². The number of nitrogens with zero attached hydrogens (tertiary/aromatic N) is 1. The van der Waals surface area contributed by atoms with Gasteiger partial charge in [-0.05, 0) is 36.4 Å². The van der Waals surface area contributed by atoms with E-state index in [1.807, 2.05) is 24.3 Å². The number of nitrogens with two attached hydrogens (primary N) is 1. The Morgan fingerprint density at radius 3 is 1.62 bits per heavy atom. The summed E-state index contributed by atoms with van der Waals surface area (Å²) >= 11 is 11.8. The summed E-state index contributed by atoms with van der Waals surface area (Å²) in [5.74, 6) is 5.97. The maximum absolute atomic E-state index is 5.97. The summed E-state index contributed by atoms with van der Waals surface area (Å²) in [7, 11) is 0. The summed E-state index contributed by atoms with van der Waals surface area (Å²) in [6, 6.07) is 14.7. The summed E-state index contributed by atoms with van der Waals surface area (Å²) < 4.78 is 0. The number of anilines is 2. The summed E-state index contributed by atoms with van der Waals surface area (Å²) in [6.45, 7) is 0. The van der Waals surface area contributed by atoms with Gasteiger partial charge in [-0.15, -0.1) is 0 Å². The van der Waals surface area contributed by atoms with E-state index in [9.17, 15) is 0 Å². The molecule has 16 heavy (non-hydrogen) atoms. The molecule has 2 rings (SSSR count). The Balaban J connectivity index is 2.35. The predicted molar refractivity (Wildman–Crippen MR) is 69.2 cm³/mol. The molecule has 0 spiro atoms. The highest BCUT2D eigenvalue weighted by Gasteiger charge is 2.05. The number of hydrazine groups is 1. The molecule has 0 heterocycles. The Labute approximate surface area is 104 Å². The van der Waals surface area contributed by atoms with Gasteiger partial charge < -0.3 is 0 Å². The van der Waals surface area contributed by atoms with Gasteiger partial charge in [0.15, 0.2) is 0 Å². The molecule has 4 heteroatoms. The summed E-state index contributed by atoms with van der Waals surface area (Å²) in [5.41, 5.74) is 1.63. The van der Waals surface area contributed by atoms with Crippen LogP contribution in [0, 0.1) is 0 Å². The van der Waals surface area contributed by atoms with Gasteiger partial charge >= 0.3 is 0 Å². The van der Waals surface area contributed by atoms with Gasteiger partial charge in [-0.1, -0.05) is 35.3 Å². The normalized spacial score (nSPS) is 10.2. The Morgan fingerprint density at radius 2 is 1.25 bits per heavy atom. The molecule has 2 aromatic carbocycles. The van der Waals surface area contributed by atoms with Crippen LogP contribution in [0.1, 0.15) is 0 Å². The molecule has 0 amide bonds. The molecular formula is C12H10Cl2N2. The first-order valence-electron chi connectivity index (χ1n) is 4.73. The van der Waals surface area contributed by atoms with E-state index in [2.05, 4.69) is 0 Å². The van der Waals surface area contributed by atoms with Crippen molar-refractivity contribution in [2.24, 2.45) is 5.84 Å². The van der Waals surface area contributed by atoms with Gasteiger partial charge in [0.25, 0.3) is 0 Å². The van der Waals surface area contributed by atoms with Gasteiger partial charge in [0.1, 0.15) is 0 Å². The molecule has 82 valence electrons. The van der Waals surface area contributed by atoms with Crippen molar-refractivity contribution in [2.75, 3.05) is 5.01 Å². The van der Waals surface area contributed by atoms with Gasteiger partial charge in [0, 0.05) is 10.0 Å². The second kappa shape index (κ2) is 4.74. The molecule has 2 N–H and O–H groups in total. The van der Waals surface area contributed by atoms with Crippen LogP contribution in [0.25, 0.3) is 0 Å². The van der Waals surface area contributed by atoms with Crippen molar-refractivity contribution in [3.63, 3.8) is 0 Å². The first-order valence-corrected chi connectivity index (χ1v) is 5.48. The molecule has 0 atom stereocenters. The molecule has 0 aliphatic heterocycles. The van der Waals surface area contributed by atoms with E-state index in [0.29, 0.717) is 10.0 Å². The largest absolute Gasteiger partial charge is 0.280 e. The summed E-state index contributed by atoms with van der Waals surface area (Å²) in [5, 5.41) is 2.84. The van der Waals surface area contributed by atoms with Crippen LogP contribution in [0.5, 0.6) is 0 Å². The van der Waals surface area contributed by atoms with Crippen LogP contribution < -0.4 is 10.9 Å². The van der Waals surface area contributed by atoms with Crippen molar-refractivity contribution in [1.82, 2.24) is 0 Å². The van der Waals surface area contributed by atoms with E-state index in [1.54, 1.807) is 24.3 Å². The second-order valence-corrected chi connectivity index (χ2v) is 4.20. The highest BCUT2D eigenvalue weighted by atomic mass is 35.5. The maximum atomic E-state index is 5.97. The van der Waals surface area contributed by atoms with Crippen molar-refractivity contribution >= 4 is 34.6 Å². The molecule has 0 aliphatic carbocycles. The lowest BCUT2D eigenvalue weighted by Crippen LogP contribution is -2.24. The van der Waals surface area contributed by atoms with Crippen LogP contribution in [0.3, 0.4) is 0 Å². The Bertz CT molecular complexity index is 454. The van der Waals surface area contributed by atoms with Crippen molar-refractivity contribution in [3.8, 4) is 0 Å². The van der Waals surface area contributed by atoms with E-state index in [1.165, 1.54) is 5.01 Å². The van der Waals surface area contributed by atoms with Crippen molar-refractivity contribution < 1.29 is 0 Å². The monoisotopic (exact) mass is 252 g/mol. The van der Waals surface area contributed by atoms with Crippen LogP contribution in [-0.4, -0.2) is 0 Å². The minimum Gasteiger partial charge on any atom is -0.280 e. The van der Waals surface area contributed by atoms with E-state index in [0.717, 1.165) is 11.4 Å². The summed E-state index contributed by atoms with van der Waals surface area (Å²) in [4.78, 5) is 0. The summed E-state index contributed by atoms with van der Waals surface area (Å²) in [6.07, 6.45) is 0. The van der Waals surface area contributed by atoms with Crippen molar-refractivity contribution in [1.29, 1.82) is 0 Å². The third-order valence-electron chi connectivity index (χ3n) is 2.17. The minimum atomic E-state index is 0.648. The number of rotatable bonds is 2. The Kier molecular flexibility index (Phi) is 3.34. The molecule has 0 radical (unpaired) electrons. The van der Waals surface area contributed by atoms with Crippen LogP contribution in [0.15, 0.2) is 48.5 Å². The molecule has 2 aromatic rings. The topological polar surface area (TPSA) is 29.3 Å². The minimum absolute atomic E-state index is 0.648. The number of benzene rings is 2. The fourth-order valence-electron chi connectivity index (χ4n) is 1.40. The fraction of sp³-hybridized carbons (Fsp3) is 0. The zero-order valence-electron chi connectivity index (χ0n) is 8.40. The first-order chi connectivity index (χ1) is 7.66. The molecule has 0 aromatic heterocycles. The molecule has 0 aliphatic rings. The Morgan fingerprint density at radius 1 is 0.812 bits per heavy atom. The lowest BCUT2D eigenvalue weighted by Gasteiger charge is -2.19. The van der Waals surface area contributed by atoms with Crippen LogP contribution in [-0.2, 0) is 0 Å². The van der Waals surface area contributed by atoms with Gasteiger partial charge in [-0.2, -0.15) is 0 Å². The smallest absolute Gasteiger partial charge is 0.0590 e. The molecule has 2 nitrogen and oxygen atoms in total. The van der Waals surface area contributed by atoms with Gasteiger partial charge in [-0.3, -0.25) is 5.01 Å². The molecular weight excluding hydrogens is 243 g/mol. The van der Waals surface area contributed by atoms with Crippen molar-refractivity contribution in [2.45, 2.75) is 0 Å². The third-order valence-corrected chi connectivity index (χ3v) is 2.64. The van der Waals surface area contributed by atoms with Gasteiger partial charge in [0.2, 0.25) is 0 Å². The van der Waals surface area contributed by atoms with E-state index >= 15 is 0 Å². The van der Waals surface area contributed by atoms with Crippen LogP contribution >= 0.6 is 23.2 Å². The highest BCUT2D eigenvalue weighted by Crippen LogP contribution is 2.26. The molecule has 0 fully saturated rings. The number of hydrogen-bond acceptors (Lipinski definition) is 2. The fourth-order valence-corrected chi connectivity index (χ4v) is 1.77.